The highest BCUT2D eigenvalue weighted by Gasteiger charge is 2.21. The summed E-state index contributed by atoms with van der Waals surface area (Å²) in [6.45, 7) is 1.56. The van der Waals surface area contributed by atoms with Crippen molar-refractivity contribution in [2.24, 2.45) is 0 Å². The van der Waals surface area contributed by atoms with E-state index in [-0.39, 0.29) is 6.10 Å². The van der Waals surface area contributed by atoms with Gasteiger partial charge < -0.3 is 9.30 Å². The number of rotatable bonds is 3. The Morgan fingerprint density at radius 3 is 3.17 bits per heavy atom. The van der Waals surface area contributed by atoms with Crippen LogP contribution in [0.5, 0.6) is 0 Å². The van der Waals surface area contributed by atoms with Crippen LogP contribution in [-0.4, -0.2) is 16.2 Å². The Labute approximate surface area is 111 Å². The Hall–Kier alpha value is -1.32. The predicted molar refractivity (Wildman–Crippen MR) is 70.6 cm³/mol. The molecule has 0 bridgehead atoms. The van der Waals surface area contributed by atoms with E-state index >= 15 is 0 Å². The molecule has 0 fully saturated rings. The number of aromatic nitrogens is 2. The highest BCUT2D eigenvalue weighted by molar-refractivity contribution is 6.16. The molecule has 4 heteroatoms. The van der Waals surface area contributed by atoms with Gasteiger partial charge in [-0.3, -0.25) is 0 Å². The molecule has 1 aliphatic heterocycles. The molecular formula is C14H15ClN2O. The first-order chi connectivity index (χ1) is 8.88. The van der Waals surface area contributed by atoms with Gasteiger partial charge in [0.25, 0.3) is 0 Å². The number of benzene rings is 1. The molecule has 1 unspecified atom stereocenters. The molecule has 0 saturated heterocycles. The van der Waals surface area contributed by atoms with E-state index in [0.717, 1.165) is 25.4 Å². The zero-order chi connectivity index (χ0) is 12.4. The van der Waals surface area contributed by atoms with Crippen LogP contribution in [0.15, 0.2) is 36.7 Å². The number of imidazole rings is 1. The first-order valence-corrected chi connectivity index (χ1v) is 6.67. The summed E-state index contributed by atoms with van der Waals surface area (Å²) in [5, 5.41) is 0. The smallest absolute Gasteiger partial charge is 0.123 e. The van der Waals surface area contributed by atoms with Crippen molar-refractivity contribution in [1.29, 1.82) is 0 Å². The lowest BCUT2D eigenvalue weighted by Crippen LogP contribution is -2.21. The first-order valence-electron chi connectivity index (χ1n) is 6.14. The highest BCUT2D eigenvalue weighted by atomic mass is 35.5. The van der Waals surface area contributed by atoms with Gasteiger partial charge in [-0.1, -0.05) is 24.3 Å². The van der Waals surface area contributed by atoms with Crippen LogP contribution in [0.1, 0.15) is 23.1 Å². The Kier molecular flexibility index (Phi) is 3.35. The molecule has 2 aromatic rings. The summed E-state index contributed by atoms with van der Waals surface area (Å²) in [5.74, 6) is 1.32. The minimum atomic E-state index is 0.103. The van der Waals surface area contributed by atoms with Gasteiger partial charge in [0.1, 0.15) is 11.9 Å². The Morgan fingerprint density at radius 2 is 2.28 bits per heavy atom. The van der Waals surface area contributed by atoms with E-state index in [1.807, 2.05) is 6.20 Å². The number of nitrogens with zero attached hydrogens (tertiary/aromatic N) is 2. The van der Waals surface area contributed by atoms with Gasteiger partial charge >= 0.3 is 0 Å². The second-order valence-electron chi connectivity index (χ2n) is 4.44. The topological polar surface area (TPSA) is 27.1 Å². The maximum absolute atomic E-state index is 5.89. The summed E-state index contributed by atoms with van der Waals surface area (Å²) in [5.41, 5.74) is 2.68. The monoisotopic (exact) mass is 262 g/mol. The molecule has 0 amide bonds. The number of hydrogen-bond donors (Lipinski definition) is 0. The van der Waals surface area contributed by atoms with Crippen molar-refractivity contribution in [3.8, 4) is 0 Å². The number of ether oxygens (including phenoxy) is 1. The van der Waals surface area contributed by atoms with Crippen molar-refractivity contribution >= 4 is 11.6 Å². The van der Waals surface area contributed by atoms with Crippen LogP contribution in [0.4, 0.5) is 0 Å². The average Bonchev–Trinajstić information content (AvgIpc) is 2.86. The maximum Gasteiger partial charge on any atom is 0.123 e. The molecule has 1 aliphatic rings. The van der Waals surface area contributed by atoms with Crippen LogP contribution in [0.25, 0.3) is 0 Å². The Balaban J connectivity index is 1.86. The molecule has 2 heterocycles. The fourth-order valence-electron chi connectivity index (χ4n) is 2.44. The third-order valence-electron chi connectivity index (χ3n) is 3.38. The summed E-state index contributed by atoms with van der Waals surface area (Å²) in [6, 6.07) is 8.48. The summed E-state index contributed by atoms with van der Waals surface area (Å²) in [7, 11) is 0. The van der Waals surface area contributed by atoms with Gasteiger partial charge in [0.15, 0.2) is 0 Å². The largest absolute Gasteiger partial charge is 0.371 e. The van der Waals surface area contributed by atoms with Gasteiger partial charge in [0.2, 0.25) is 0 Å². The van der Waals surface area contributed by atoms with Gasteiger partial charge in [-0.25, -0.2) is 4.98 Å². The van der Waals surface area contributed by atoms with Crippen molar-refractivity contribution < 1.29 is 4.74 Å². The molecule has 94 valence electrons. The lowest BCUT2D eigenvalue weighted by Gasteiger charge is -2.26. The molecule has 3 nitrogen and oxygen atoms in total. The molecule has 0 N–H and O–H groups in total. The molecule has 0 radical (unpaired) electrons. The number of hydrogen-bond acceptors (Lipinski definition) is 2. The number of halogens is 1. The molecule has 1 aromatic carbocycles. The van der Waals surface area contributed by atoms with Gasteiger partial charge in [0.05, 0.1) is 19.0 Å². The molecule has 1 aromatic heterocycles. The molecule has 18 heavy (non-hydrogen) atoms. The predicted octanol–water partition coefficient (Wildman–Crippen LogP) is 2.94. The van der Waals surface area contributed by atoms with E-state index in [0.29, 0.717) is 5.88 Å². The maximum atomic E-state index is 5.89. The molecule has 0 saturated carbocycles. The van der Waals surface area contributed by atoms with Crippen molar-refractivity contribution in [2.45, 2.75) is 24.9 Å². The summed E-state index contributed by atoms with van der Waals surface area (Å²) < 4.78 is 7.95. The zero-order valence-electron chi connectivity index (χ0n) is 10.1. The summed E-state index contributed by atoms with van der Waals surface area (Å²) in [6.07, 6.45) is 4.84. The van der Waals surface area contributed by atoms with Crippen LogP contribution in [0.2, 0.25) is 0 Å². The van der Waals surface area contributed by atoms with E-state index < -0.39 is 0 Å². The third kappa shape index (κ3) is 2.16. The summed E-state index contributed by atoms with van der Waals surface area (Å²) in [4.78, 5) is 4.23. The van der Waals surface area contributed by atoms with Gasteiger partial charge in [-0.2, -0.15) is 0 Å². The van der Waals surface area contributed by atoms with Crippen LogP contribution in [0.3, 0.4) is 0 Å². The SMILES string of the molecule is ClCc1nccn1CC1OCCc2ccccc21. The van der Waals surface area contributed by atoms with E-state index in [2.05, 4.69) is 33.8 Å². The van der Waals surface area contributed by atoms with E-state index in [1.165, 1.54) is 11.1 Å². The van der Waals surface area contributed by atoms with Crippen molar-refractivity contribution in [3.63, 3.8) is 0 Å². The second-order valence-corrected chi connectivity index (χ2v) is 4.70. The van der Waals surface area contributed by atoms with E-state index in [9.17, 15) is 0 Å². The summed E-state index contributed by atoms with van der Waals surface area (Å²) >= 11 is 5.87. The van der Waals surface area contributed by atoms with Crippen molar-refractivity contribution in [2.75, 3.05) is 6.61 Å². The van der Waals surface area contributed by atoms with Crippen LogP contribution in [0, 0.1) is 0 Å². The van der Waals surface area contributed by atoms with E-state index in [1.54, 1.807) is 6.20 Å². The quantitative estimate of drug-likeness (QED) is 0.796. The second kappa shape index (κ2) is 5.12. The zero-order valence-corrected chi connectivity index (χ0v) is 10.8. The van der Waals surface area contributed by atoms with Gasteiger partial charge in [-0.15, -0.1) is 11.6 Å². The minimum Gasteiger partial charge on any atom is -0.371 e. The fraction of sp³-hybridized carbons (Fsp3) is 0.357. The molecule has 0 spiro atoms. The molecule has 3 rings (SSSR count). The Morgan fingerprint density at radius 1 is 1.39 bits per heavy atom. The Bertz CT molecular complexity index is 538. The minimum absolute atomic E-state index is 0.103. The number of fused-ring (bicyclic) bond motifs is 1. The molecule has 1 atom stereocenters. The molecule has 0 aliphatic carbocycles. The average molecular weight is 263 g/mol. The van der Waals surface area contributed by atoms with E-state index in [4.69, 9.17) is 16.3 Å². The lowest BCUT2D eigenvalue weighted by molar-refractivity contribution is 0.0302. The lowest BCUT2D eigenvalue weighted by atomic mass is 9.97. The standard InChI is InChI=1S/C14H15ClN2O/c15-9-14-16-6-7-17(14)10-13-12-4-2-1-3-11(12)5-8-18-13/h1-4,6-7,13H,5,8-10H2. The number of alkyl halides is 1. The first kappa shape index (κ1) is 11.8. The van der Waals surface area contributed by atoms with Crippen LogP contribution >= 0.6 is 11.6 Å². The fourth-order valence-corrected chi connectivity index (χ4v) is 2.67. The van der Waals surface area contributed by atoms with Gasteiger partial charge in [-0.05, 0) is 17.5 Å². The highest BCUT2D eigenvalue weighted by Crippen LogP contribution is 2.28. The molecular weight excluding hydrogens is 248 g/mol. The third-order valence-corrected chi connectivity index (χ3v) is 3.62. The normalized spacial score (nSPS) is 18.6. The van der Waals surface area contributed by atoms with Crippen LogP contribution < -0.4 is 0 Å². The van der Waals surface area contributed by atoms with Crippen molar-refractivity contribution in [3.05, 3.63) is 53.6 Å². The van der Waals surface area contributed by atoms with Gasteiger partial charge in [0, 0.05) is 12.4 Å². The van der Waals surface area contributed by atoms with Crippen LogP contribution in [-0.2, 0) is 23.6 Å². The van der Waals surface area contributed by atoms with Crippen molar-refractivity contribution in [1.82, 2.24) is 9.55 Å².